The lowest BCUT2D eigenvalue weighted by molar-refractivity contribution is 0.442. The number of furan rings is 6. The summed E-state index contributed by atoms with van der Waals surface area (Å²) in [6.45, 7) is 4.21. The first-order chi connectivity index (χ1) is 68.1. The van der Waals surface area contributed by atoms with Crippen molar-refractivity contribution < 1.29 is 35.3 Å². The molecule has 20 aromatic carbocycles. The Bertz CT molecular complexity index is 9520. The van der Waals surface area contributed by atoms with E-state index < -0.39 is 0 Å². The van der Waals surface area contributed by atoms with Crippen molar-refractivity contribution in [1.82, 2.24) is 0 Å². The number of benzene rings is 20. The first-order valence-corrected chi connectivity index (χ1v) is 48.3. The minimum absolute atomic E-state index is 0.348. The van der Waals surface area contributed by atoms with E-state index in [4.69, 9.17) is 26.5 Å². The monoisotopic (exact) mass is 1790 g/mol. The quantitative estimate of drug-likeness (QED) is 0.0988. The van der Waals surface area contributed by atoms with Crippen molar-refractivity contribution in [3.63, 3.8) is 0 Å². The molecule has 2 fully saturated rings. The van der Waals surface area contributed by atoms with Crippen LogP contribution in [0.15, 0.2) is 390 Å². The molecule has 12 heteroatoms. The standard InChI is InChI=1S/C126H88F2N4O6/c1-73-28-21-45-94-97-48-24-52-107(123(97)133-115(73)94)131(83-61-57-79(127)58-62-83)112-69-103-104-70-113(89-39-17-19-41-92(89)120(104)135-119(103)91-40-18-16-38-88(91)112)132(84-63-59-80(128)60-64-84)110-55-27-51-100-102-68-78(66-74(2)116(102)134-126(100)110)77-56-65-90-101(67-77)122-106(72-114(90)130(82-35-13-6-14-36-82)109-54-26-50-99-96-47-23-44-86(118(96)138-125(99)109)76-31-9-4-10-32-76)105-71-111(87-37-15-20-42-93(87)121(105)136-122)129(81-33-11-5-12-34-81)108-53-25-49-98-95-46-22-43-85(117(95)137-124(98)108)75-29-7-3-8-30-75/h5-6,11-28,33-72,75-76H,3-4,7-10,29-32H2,1-2H3. The lowest BCUT2D eigenvalue weighted by Gasteiger charge is -2.27. The van der Waals surface area contributed by atoms with Crippen LogP contribution < -0.4 is 19.6 Å². The minimum atomic E-state index is -0.365. The molecule has 0 radical (unpaired) electrons. The highest BCUT2D eigenvalue weighted by Gasteiger charge is 2.34. The first kappa shape index (κ1) is 79.8. The summed E-state index contributed by atoms with van der Waals surface area (Å²) >= 11 is 0. The topological polar surface area (TPSA) is 91.8 Å². The van der Waals surface area contributed by atoms with E-state index in [0.717, 1.165) is 263 Å². The van der Waals surface area contributed by atoms with Gasteiger partial charge in [-0.25, -0.2) is 8.78 Å². The molecule has 662 valence electrons. The van der Waals surface area contributed by atoms with Gasteiger partial charge in [-0.3, -0.25) is 0 Å². The van der Waals surface area contributed by atoms with Crippen molar-refractivity contribution >= 4 is 243 Å². The van der Waals surface area contributed by atoms with E-state index in [9.17, 15) is 0 Å². The maximum absolute atomic E-state index is 15.8. The zero-order valence-electron chi connectivity index (χ0n) is 75.9. The van der Waals surface area contributed by atoms with Gasteiger partial charge in [0.2, 0.25) is 0 Å². The molecule has 0 unspecified atom stereocenters. The van der Waals surface area contributed by atoms with Crippen molar-refractivity contribution in [1.29, 1.82) is 0 Å². The fraction of sp³-hybridized carbons (Fsp3) is 0.111. The Kier molecular flexibility index (Phi) is 18.2. The van der Waals surface area contributed by atoms with Crippen molar-refractivity contribution in [2.75, 3.05) is 19.6 Å². The Hall–Kier alpha value is -16.7. The highest BCUT2D eigenvalue weighted by molar-refractivity contribution is 6.30. The van der Waals surface area contributed by atoms with Gasteiger partial charge in [-0.2, -0.15) is 0 Å². The first-order valence-electron chi connectivity index (χ1n) is 48.3. The summed E-state index contributed by atoms with van der Waals surface area (Å²) in [5.74, 6) is 0.142. The Morgan fingerprint density at radius 1 is 0.188 bits per heavy atom. The molecule has 2 aliphatic rings. The summed E-state index contributed by atoms with van der Waals surface area (Å²) in [6, 6.07) is 127. The van der Waals surface area contributed by atoms with Gasteiger partial charge >= 0.3 is 0 Å². The van der Waals surface area contributed by atoms with Gasteiger partial charge in [-0.05, 0) is 224 Å². The zero-order chi connectivity index (χ0) is 91.2. The predicted molar refractivity (Wildman–Crippen MR) is 565 cm³/mol. The molecule has 10 nitrogen and oxygen atoms in total. The summed E-state index contributed by atoms with van der Waals surface area (Å²) in [5.41, 5.74) is 26.3. The van der Waals surface area contributed by atoms with Crippen LogP contribution in [0.1, 0.15) is 98.3 Å². The van der Waals surface area contributed by atoms with Crippen molar-refractivity contribution in [3.05, 3.63) is 398 Å². The van der Waals surface area contributed by atoms with E-state index in [1.807, 2.05) is 42.5 Å². The normalized spacial score (nSPS) is 13.7. The van der Waals surface area contributed by atoms with Gasteiger partial charge in [0.25, 0.3) is 0 Å². The molecule has 0 saturated heterocycles. The number of anilines is 12. The Morgan fingerprint density at radius 2 is 0.457 bits per heavy atom. The smallest absolute Gasteiger partial charge is 0.159 e. The number of hydrogen-bond acceptors (Lipinski definition) is 10. The summed E-state index contributed by atoms with van der Waals surface area (Å²) in [4.78, 5) is 9.22. The van der Waals surface area contributed by atoms with E-state index in [-0.39, 0.29) is 11.6 Å². The number of nitrogens with zero attached hydrogens (tertiary/aromatic N) is 4. The molecule has 6 aromatic heterocycles. The molecule has 28 rings (SSSR count). The van der Waals surface area contributed by atoms with Crippen LogP contribution in [-0.2, 0) is 0 Å². The van der Waals surface area contributed by atoms with Crippen LogP contribution in [0, 0.1) is 25.5 Å². The van der Waals surface area contributed by atoms with E-state index in [0.29, 0.717) is 39.9 Å². The number of hydrogen-bond donors (Lipinski definition) is 0. The van der Waals surface area contributed by atoms with Gasteiger partial charge in [0.15, 0.2) is 22.3 Å². The highest BCUT2D eigenvalue weighted by Crippen LogP contribution is 2.58. The number of fused-ring (bicyclic) bond motifs is 26. The lowest BCUT2D eigenvalue weighted by atomic mass is 9.83. The highest BCUT2D eigenvalue weighted by atomic mass is 19.1. The molecule has 0 atom stereocenters. The third-order valence-electron chi connectivity index (χ3n) is 30.1. The second-order valence-corrected chi connectivity index (χ2v) is 37.9. The second-order valence-electron chi connectivity index (χ2n) is 37.9. The maximum Gasteiger partial charge on any atom is 0.159 e. The Labute approximate surface area is 791 Å². The van der Waals surface area contributed by atoms with Crippen LogP contribution in [0.5, 0.6) is 0 Å². The molecule has 0 amide bonds. The van der Waals surface area contributed by atoms with Gasteiger partial charge in [0, 0.05) is 130 Å². The largest absolute Gasteiger partial charge is 0.455 e. The second kappa shape index (κ2) is 31.5. The molecule has 0 aliphatic heterocycles. The molecule has 2 saturated carbocycles. The van der Waals surface area contributed by atoms with Crippen LogP contribution in [0.2, 0.25) is 0 Å². The fourth-order valence-electron chi connectivity index (χ4n) is 23.7. The molecule has 138 heavy (non-hydrogen) atoms. The van der Waals surface area contributed by atoms with Crippen LogP contribution >= 0.6 is 0 Å². The summed E-state index contributed by atoms with van der Waals surface area (Å²) in [5, 5.41) is 19.2. The summed E-state index contributed by atoms with van der Waals surface area (Å²) in [6.07, 6.45) is 12.0. The number of aryl methyl sites for hydroxylation is 2. The minimum Gasteiger partial charge on any atom is -0.455 e. The molecule has 0 bridgehead atoms. The van der Waals surface area contributed by atoms with E-state index >= 15 is 8.78 Å². The molecule has 2 aliphatic carbocycles. The predicted octanol–water partition coefficient (Wildman–Crippen LogP) is 38.2. The van der Waals surface area contributed by atoms with E-state index in [1.165, 1.54) is 73.9 Å². The Morgan fingerprint density at radius 3 is 0.855 bits per heavy atom. The number of halogens is 2. The van der Waals surface area contributed by atoms with Crippen LogP contribution in [-0.4, -0.2) is 0 Å². The van der Waals surface area contributed by atoms with Crippen molar-refractivity contribution in [2.45, 2.75) is 89.9 Å². The van der Waals surface area contributed by atoms with Gasteiger partial charge in [-0.15, -0.1) is 0 Å². The van der Waals surface area contributed by atoms with Gasteiger partial charge in [0.05, 0.1) is 45.5 Å². The molecule has 6 heterocycles. The van der Waals surface area contributed by atoms with Crippen LogP contribution in [0.25, 0.3) is 186 Å². The average Bonchev–Trinajstić information content (AvgIpc) is 1.54. The maximum atomic E-state index is 15.8. The molecule has 0 spiro atoms. The third-order valence-corrected chi connectivity index (χ3v) is 30.1. The zero-order valence-corrected chi connectivity index (χ0v) is 75.9. The summed E-state index contributed by atoms with van der Waals surface area (Å²) < 4.78 is 75.7. The van der Waals surface area contributed by atoms with Gasteiger partial charge in [-0.1, -0.05) is 263 Å². The molecular weight excluding hydrogens is 1700 g/mol. The average molecular weight is 1790 g/mol. The lowest BCUT2D eigenvalue weighted by Crippen LogP contribution is -2.11. The fourth-order valence-corrected chi connectivity index (χ4v) is 23.7. The van der Waals surface area contributed by atoms with Crippen molar-refractivity contribution in [2.24, 2.45) is 0 Å². The Balaban J connectivity index is 0.651. The van der Waals surface area contributed by atoms with Gasteiger partial charge < -0.3 is 46.1 Å². The molecular formula is C126H88F2N4O6. The number of para-hydroxylation sites is 9. The SMILES string of the molecule is Cc1cccc2c1oc1c(N(c3ccc(F)cc3)c3cc4c5cc(N(c6ccc(F)cc6)c6cccc7c6oc6c(C)cc(-c8ccc9c(N(c%10ccccc%10)c%10cccc%11c%10oc%10c(C%12CCCCC%12)cccc%10%11)cc%10c%11cc(N(c%12ccccc%12)c%12cccc%13c%12oc%12c(C%14CCCCC%14)cccc%12%13)c%12ccccc%12c%11oc%10c9c8)cc67)c6ccccc6c5oc4c4ccccc34)cccc12. The molecule has 26 aromatic rings. The van der Waals surface area contributed by atoms with E-state index in [1.54, 1.807) is 0 Å². The van der Waals surface area contributed by atoms with E-state index in [2.05, 4.69) is 331 Å². The molecule has 0 N–H and O–H groups in total. The third kappa shape index (κ3) is 12.4. The van der Waals surface area contributed by atoms with Crippen LogP contribution in [0.3, 0.4) is 0 Å². The van der Waals surface area contributed by atoms with Crippen molar-refractivity contribution in [3.8, 4) is 11.1 Å². The van der Waals surface area contributed by atoms with Crippen LogP contribution in [0.4, 0.5) is 77.0 Å². The number of rotatable bonds is 15. The van der Waals surface area contributed by atoms with Gasteiger partial charge in [0.1, 0.15) is 56.3 Å². The summed E-state index contributed by atoms with van der Waals surface area (Å²) in [7, 11) is 0.